The predicted octanol–water partition coefficient (Wildman–Crippen LogP) is 1.88. The molecule has 1 fully saturated rings. The van der Waals surface area contributed by atoms with Gasteiger partial charge in [0.2, 0.25) is 5.88 Å². The summed E-state index contributed by atoms with van der Waals surface area (Å²) in [5, 5.41) is 0. The first-order valence-electron chi connectivity index (χ1n) is 4.68. The molecule has 1 aromatic heterocycles. The molecule has 3 nitrogen and oxygen atoms in total. The van der Waals surface area contributed by atoms with Crippen molar-refractivity contribution < 1.29 is 4.74 Å². The molecular formula is C10H14N2O. The number of nitrogens with zero attached hydrogens (tertiary/aromatic N) is 2. The molecule has 1 heterocycles. The van der Waals surface area contributed by atoms with Crippen molar-refractivity contribution in [2.24, 2.45) is 5.92 Å². The number of aryl methyl sites for hydroxylation is 1. The van der Waals surface area contributed by atoms with Gasteiger partial charge in [-0.2, -0.15) is 0 Å². The monoisotopic (exact) mass is 178 g/mol. The molecule has 13 heavy (non-hydrogen) atoms. The Morgan fingerprint density at radius 2 is 2.15 bits per heavy atom. The fraction of sp³-hybridized carbons (Fsp3) is 0.600. The lowest BCUT2D eigenvalue weighted by Gasteiger charge is -2.07. The first kappa shape index (κ1) is 8.48. The normalized spacial score (nSPS) is 15.8. The third kappa shape index (κ3) is 1.97. The zero-order valence-electron chi connectivity index (χ0n) is 8.08. The fourth-order valence-corrected chi connectivity index (χ4v) is 1.14. The van der Waals surface area contributed by atoms with Gasteiger partial charge in [0.15, 0.2) is 0 Å². The fourth-order valence-electron chi connectivity index (χ4n) is 1.14. The number of rotatable bonds is 3. The molecule has 0 atom stereocenters. The molecule has 2 rings (SSSR count). The van der Waals surface area contributed by atoms with Crippen molar-refractivity contribution in [3.63, 3.8) is 0 Å². The minimum atomic E-state index is 0.749. The topological polar surface area (TPSA) is 35.0 Å². The summed E-state index contributed by atoms with van der Waals surface area (Å²) in [5.41, 5.74) is 2.06. The molecule has 0 bridgehead atoms. The van der Waals surface area contributed by atoms with Crippen molar-refractivity contribution in [3.05, 3.63) is 17.6 Å². The Morgan fingerprint density at radius 3 is 2.85 bits per heavy atom. The summed E-state index contributed by atoms with van der Waals surface area (Å²) in [6.45, 7) is 4.79. The zero-order chi connectivity index (χ0) is 9.26. The van der Waals surface area contributed by atoms with Gasteiger partial charge in [0.05, 0.1) is 6.61 Å². The second kappa shape index (κ2) is 3.32. The summed E-state index contributed by atoms with van der Waals surface area (Å²) in [6.07, 6.45) is 4.18. The molecule has 1 aliphatic rings. The summed E-state index contributed by atoms with van der Waals surface area (Å²) in [5.74, 6) is 1.52. The van der Waals surface area contributed by atoms with E-state index in [-0.39, 0.29) is 0 Å². The summed E-state index contributed by atoms with van der Waals surface area (Å²) < 4.78 is 5.59. The highest BCUT2D eigenvalue weighted by Crippen LogP contribution is 2.29. The number of hydrogen-bond donors (Lipinski definition) is 0. The summed E-state index contributed by atoms with van der Waals surface area (Å²) in [7, 11) is 0. The molecule has 0 spiro atoms. The maximum absolute atomic E-state index is 5.59. The first-order chi connectivity index (χ1) is 6.27. The highest BCUT2D eigenvalue weighted by molar-refractivity contribution is 5.26. The van der Waals surface area contributed by atoms with Crippen LogP contribution < -0.4 is 4.74 Å². The Balaban J connectivity index is 2.05. The molecular weight excluding hydrogens is 164 g/mol. The zero-order valence-corrected chi connectivity index (χ0v) is 8.08. The Bertz CT molecular complexity index is 308. The van der Waals surface area contributed by atoms with Crippen LogP contribution in [0, 0.1) is 19.8 Å². The van der Waals surface area contributed by atoms with E-state index in [9.17, 15) is 0 Å². The Labute approximate surface area is 78.2 Å². The van der Waals surface area contributed by atoms with Gasteiger partial charge in [0.25, 0.3) is 0 Å². The smallest absolute Gasteiger partial charge is 0.219 e. The van der Waals surface area contributed by atoms with Gasteiger partial charge >= 0.3 is 0 Å². The van der Waals surface area contributed by atoms with Gasteiger partial charge < -0.3 is 4.74 Å². The largest absolute Gasteiger partial charge is 0.477 e. The van der Waals surface area contributed by atoms with Crippen molar-refractivity contribution in [2.45, 2.75) is 26.7 Å². The van der Waals surface area contributed by atoms with Gasteiger partial charge in [-0.25, -0.2) is 9.97 Å². The summed E-state index contributed by atoms with van der Waals surface area (Å²) >= 11 is 0. The summed E-state index contributed by atoms with van der Waals surface area (Å²) in [6, 6.07) is 0. The van der Waals surface area contributed by atoms with Crippen LogP contribution in [-0.4, -0.2) is 16.6 Å². The third-order valence-corrected chi connectivity index (χ3v) is 2.44. The van der Waals surface area contributed by atoms with E-state index < -0.39 is 0 Å². The Hall–Kier alpha value is -1.12. The van der Waals surface area contributed by atoms with Crippen LogP contribution in [-0.2, 0) is 0 Å². The summed E-state index contributed by atoms with van der Waals surface area (Å²) in [4.78, 5) is 8.20. The molecule has 1 saturated carbocycles. The third-order valence-electron chi connectivity index (χ3n) is 2.44. The second-order valence-corrected chi connectivity index (χ2v) is 3.64. The molecule has 1 aromatic rings. The van der Waals surface area contributed by atoms with Crippen molar-refractivity contribution in [1.82, 2.24) is 9.97 Å². The van der Waals surface area contributed by atoms with Gasteiger partial charge in [-0.3, -0.25) is 0 Å². The highest BCUT2D eigenvalue weighted by atomic mass is 16.5. The van der Waals surface area contributed by atoms with Crippen molar-refractivity contribution in [3.8, 4) is 5.88 Å². The van der Waals surface area contributed by atoms with Crippen molar-refractivity contribution in [1.29, 1.82) is 0 Å². The van der Waals surface area contributed by atoms with E-state index in [0.29, 0.717) is 0 Å². The Kier molecular flexibility index (Phi) is 2.17. The van der Waals surface area contributed by atoms with Crippen LogP contribution >= 0.6 is 0 Å². The van der Waals surface area contributed by atoms with Gasteiger partial charge in [-0.05, 0) is 32.6 Å². The van der Waals surface area contributed by atoms with Crippen LogP contribution in [0.2, 0.25) is 0 Å². The van der Waals surface area contributed by atoms with E-state index in [1.807, 2.05) is 13.8 Å². The van der Waals surface area contributed by atoms with E-state index in [2.05, 4.69) is 9.97 Å². The molecule has 1 aliphatic carbocycles. The lowest BCUT2D eigenvalue weighted by Crippen LogP contribution is -2.03. The van der Waals surface area contributed by atoms with Crippen LogP contribution in [0.5, 0.6) is 5.88 Å². The predicted molar refractivity (Wildman–Crippen MR) is 49.7 cm³/mol. The highest BCUT2D eigenvalue weighted by Gasteiger charge is 2.22. The quantitative estimate of drug-likeness (QED) is 0.708. The van der Waals surface area contributed by atoms with E-state index in [4.69, 9.17) is 4.74 Å². The minimum absolute atomic E-state index is 0.749. The van der Waals surface area contributed by atoms with Crippen LogP contribution in [0.1, 0.15) is 24.1 Å². The molecule has 0 amide bonds. The van der Waals surface area contributed by atoms with Gasteiger partial charge in [0.1, 0.15) is 6.33 Å². The molecule has 0 N–H and O–H groups in total. The van der Waals surface area contributed by atoms with E-state index in [1.165, 1.54) is 12.8 Å². The van der Waals surface area contributed by atoms with Crippen LogP contribution in [0.4, 0.5) is 0 Å². The molecule has 0 unspecified atom stereocenters. The van der Waals surface area contributed by atoms with Crippen LogP contribution in [0.25, 0.3) is 0 Å². The number of ether oxygens (including phenoxy) is 1. The lowest BCUT2D eigenvalue weighted by molar-refractivity contribution is 0.285. The number of aromatic nitrogens is 2. The van der Waals surface area contributed by atoms with E-state index in [0.717, 1.165) is 29.7 Å². The number of hydrogen-bond acceptors (Lipinski definition) is 3. The van der Waals surface area contributed by atoms with Crippen molar-refractivity contribution >= 4 is 0 Å². The SMILES string of the molecule is Cc1ncnc(OCC2CC2)c1C. The van der Waals surface area contributed by atoms with Crippen LogP contribution in [0.15, 0.2) is 6.33 Å². The van der Waals surface area contributed by atoms with E-state index in [1.54, 1.807) is 6.33 Å². The van der Waals surface area contributed by atoms with Gasteiger partial charge in [-0.15, -0.1) is 0 Å². The van der Waals surface area contributed by atoms with Gasteiger partial charge in [-0.1, -0.05) is 0 Å². The molecule has 0 radical (unpaired) electrons. The molecule has 0 aromatic carbocycles. The first-order valence-corrected chi connectivity index (χ1v) is 4.68. The maximum Gasteiger partial charge on any atom is 0.219 e. The lowest BCUT2D eigenvalue weighted by atomic mass is 10.3. The minimum Gasteiger partial charge on any atom is -0.477 e. The Morgan fingerprint density at radius 1 is 1.38 bits per heavy atom. The molecule has 70 valence electrons. The van der Waals surface area contributed by atoms with Gasteiger partial charge in [0, 0.05) is 11.3 Å². The maximum atomic E-state index is 5.59. The van der Waals surface area contributed by atoms with E-state index >= 15 is 0 Å². The molecule has 3 heteroatoms. The molecule has 0 saturated heterocycles. The second-order valence-electron chi connectivity index (χ2n) is 3.64. The van der Waals surface area contributed by atoms with Crippen LogP contribution in [0.3, 0.4) is 0 Å². The average molecular weight is 178 g/mol. The average Bonchev–Trinajstić information content (AvgIpc) is 2.91. The standard InChI is InChI=1S/C10H14N2O/c1-7-8(2)11-6-12-10(7)13-5-9-3-4-9/h6,9H,3-5H2,1-2H3. The van der Waals surface area contributed by atoms with Crippen molar-refractivity contribution in [2.75, 3.05) is 6.61 Å². The molecule has 0 aliphatic heterocycles.